The highest BCUT2D eigenvalue weighted by molar-refractivity contribution is 6.34. The molecule has 100 valence electrons. The third-order valence-electron chi connectivity index (χ3n) is 3.33. The number of anilines is 1. The minimum absolute atomic E-state index is 0.123. The second-order valence-electron chi connectivity index (χ2n) is 4.69. The van der Waals surface area contributed by atoms with Crippen LogP contribution in [-0.2, 0) is 4.79 Å². The van der Waals surface area contributed by atoms with Crippen LogP contribution in [0.4, 0.5) is 5.82 Å². The van der Waals surface area contributed by atoms with Crippen molar-refractivity contribution in [3.8, 4) is 5.75 Å². The van der Waals surface area contributed by atoms with Crippen molar-refractivity contribution >= 4 is 23.4 Å². The van der Waals surface area contributed by atoms with Gasteiger partial charge in [0, 0.05) is 23.5 Å². The van der Waals surface area contributed by atoms with Crippen LogP contribution in [-0.4, -0.2) is 21.0 Å². The highest BCUT2D eigenvalue weighted by Crippen LogP contribution is 2.38. The first-order valence-electron chi connectivity index (χ1n) is 6.21. The molecular formula is C15H13N3O2. The van der Waals surface area contributed by atoms with Crippen LogP contribution in [0.15, 0.2) is 24.5 Å². The molecule has 0 aliphatic carbocycles. The zero-order chi connectivity index (χ0) is 14.3. The Morgan fingerprint density at radius 3 is 2.85 bits per heavy atom. The summed E-state index contributed by atoms with van der Waals surface area (Å²) in [5.41, 5.74) is 3.13. The molecule has 5 nitrogen and oxygen atoms in total. The van der Waals surface area contributed by atoms with Gasteiger partial charge in [0.15, 0.2) is 0 Å². The Kier molecular flexibility index (Phi) is 2.75. The van der Waals surface area contributed by atoms with Gasteiger partial charge in [-0.3, -0.25) is 9.78 Å². The molecule has 2 aromatic heterocycles. The smallest absolute Gasteiger partial charge is 0.257 e. The van der Waals surface area contributed by atoms with Crippen molar-refractivity contribution in [2.24, 2.45) is 0 Å². The van der Waals surface area contributed by atoms with Gasteiger partial charge < -0.3 is 10.4 Å². The number of hydrogen-bond donors (Lipinski definition) is 2. The second kappa shape index (κ2) is 4.45. The molecule has 0 fully saturated rings. The summed E-state index contributed by atoms with van der Waals surface area (Å²) in [7, 11) is 0. The first-order valence-corrected chi connectivity index (χ1v) is 6.21. The Morgan fingerprint density at radius 1 is 1.35 bits per heavy atom. The van der Waals surface area contributed by atoms with Crippen LogP contribution in [0.2, 0.25) is 0 Å². The maximum absolute atomic E-state index is 12.1. The first-order chi connectivity index (χ1) is 9.58. The van der Waals surface area contributed by atoms with Crippen molar-refractivity contribution in [2.75, 3.05) is 5.32 Å². The lowest BCUT2D eigenvalue weighted by Gasteiger charge is -2.08. The summed E-state index contributed by atoms with van der Waals surface area (Å²) >= 11 is 0. The normalized spacial score (nSPS) is 15.3. The molecule has 0 unspecified atom stereocenters. The lowest BCUT2D eigenvalue weighted by Crippen LogP contribution is -2.04. The molecule has 2 N–H and O–H groups in total. The number of aromatic nitrogens is 2. The summed E-state index contributed by atoms with van der Waals surface area (Å²) in [6.07, 6.45) is 5.10. The molecule has 5 heteroatoms. The number of nitrogens with one attached hydrogen (secondary N) is 1. The number of aromatic hydroxyl groups is 1. The zero-order valence-corrected chi connectivity index (χ0v) is 11.1. The van der Waals surface area contributed by atoms with Crippen LogP contribution in [0.25, 0.3) is 11.6 Å². The van der Waals surface area contributed by atoms with E-state index in [4.69, 9.17) is 0 Å². The Balaban J connectivity index is 2.20. The van der Waals surface area contributed by atoms with Gasteiger partial charge in [0.2, 0.25) is 0 Å². The number of carbonyl (C=O) groups excluding carboxylic acids is 1. The van der Waals surface area contributed by atoms with E-state index >= 15 is 0 Å². The van der Waals surface area contributed by atoms with Crippen molar-refractivity contribution in [3.63, 3.8) is 0 Å². The van der Waals surface area contributed by atoms with Crippen LogP contribution < -0.4 is 5.32 Å². The van der Waals surface area contributed by atoms with E-state index in [-0.39, 0.29) is 11.7 Å². The van der Waals surface area contributed by atoms with Gasteiger partial charge in [-0.1, -0.05) is 6.07 Å². The molecule has 20 heavy (non-hydrogen) atoms. The highest BCUT2D eigenvalue weighted by Gasteiger charge is 2.29. The van der Waals surface area contributed by atoms with Crippen molar-refractivity contribution in [2.45, 2.75) is 13.8 Å². The van der Waals surface area contributed by atoms with E-state index in [1.807, 2.05) is 6.07 Å². The largest absolute Gasteiger partial charge is 0.506 e. The van der Waals surface area contributed by atoms with Crippen molar-refractivity contribution < 1.29 is 9.90 Å². The summed E-state index contributed by atoms with van der Waals surface area (Å²) in [4.78, 5) is 20.3. The standard InChI is InChI=1S/C15H13N3O2/c1-8-12-11(6-10-4-3-5-16-7-10)15(20)18-14(12)17-9(2)13(8)19/h3-7,19H,1-2H3,(H,17,18,20)/b11-6-. The van der Waals surface area contributed by atoms with Gasteiger partial charge in [-0.2, -0.15) is 0 Å². The van der Waals surface area contributed by atoms with Crippen LogP contribution in [0.3, 0.4) is 0 Å². The quantitative estimate of drug-likeness (QED) is 0.777. The molecule has 0 saturated carbocycles. The summed E-state index contributed by atoms with van der Waals surface area (Å²) in [5, 5.41) is 12.7. The lowest BCUT2D eigenvalue weighted by molar-refractivity contribution is -0.110. The molecule has 3 heterocycles. The molecule has 1 aliphatic rings. The van der Waals surface area contributed by atoms with Gasteiger partial charge in [-0.15, -0.1) is 0 Å². The van der Waals surface area contributed by atoms with Crippen molar-refractivity contribution in [3.05, 3.63) is 46.9 Å². The van der Waals surface area contributed by atoms with E-state index in [9.17, 15) is 9.90 Å². The number of hydrogen-bond acceptors (Lipinski definition) is 4. The summed E-state index contributed by atoms with van der Waals surface area (Å²) < 4.78 is 0. The molecule has 3 rings (SSSR count). The van der Waals surface area contributed by atoms with E-state index in [0.29, 0.717) is 28.2 Å². The Hall–Kier alpha value is -2.69. The van der Waals surface area contributed by atoms with Crippen LogP contribution in [0, 0.1) is 13.8 Å². The molecule has 0 spiro atoms. The van der Waals surface area contributed by atoms with Crippen LogP contribution in [0.5, 0.6) is 5.75 Å². The van der Waals surface area contributed by atoms with Gasteiger partial charge >= 0.3 is 0 Å². The van der Waals surface area contributed by atoms with Gasteiger partial charge in [0.25, 0.3) is 5.91 Å². The minimum Gasteiger partial charge on any atom is -0.506 e. The number of pyridine rings is 2. The summed E-state index contributed by atoms with van der Waals surface area (Å²) in [6.45, 7) is 3.48. The number of nitrogens with zero attached hydrogens (tertiary/aromatic N) is 2. The zero-order valence-electron chi connectivity index (χ0n) is 11.1. The molecule has 0 bridgehead atoms. The fourth-order valence-corrected chi connectivity index (χ4v) is 2.32. The monoisotopic (exact) mass is 267 g/mol. The lowest BCUT2D eigenvalue weighted by atomic mass is 10.0. The first kappa shape index (κ1) is 12.3. The Morgan fingerprint density at radius 2 is 2.15 bits per heavy atom. The number of carbonyl (C=O) groups is 1. The molecular weight excluding hydrogens is 254 g/mol. The molecule has 0 radical (unpaired) electrons. The predicted molar refractivity (Wildman–Crippen MR) is 76.1 cm³/mol. The maximum atomic E-state index is 12.1. The number of rotatable bonds is 1. The van der Waals surface area contributed by atoms with E-state index < -0.39 is 0 Å². The molecule has 1 aliphatic heterocycles. The average Bonchev–Trinajstić information content (AvgIpc) is 2.74. The topological polar surface area (TPSA) is 75.1 Å². The molecule has 0 saturated heterocycles. The van der Waals surface area contributed by atoms with Crippen molar-refractivity contribution in [1.29, 1.82) is 0 Å². The van der Waals surface area contributed by atoms with E-state index in [1.165, 1.54) is 0 Å². The molecule has 2 aromatic rings. The SMILES string of the molecule is Cc1nc2c(c(C)c1O)/C(=C/c1cccnc1)C(=O)N2. The average molecular weight is 267 g/mol. The van der Waals surface area contributed by atoms with Gasteiger partial charge in [-0.05, 0) is 31.6 Å². The third-order valence-corrected chi connectivity index (χ3v) is 3.33. The predicted octanol–water partition coefficient (Wildman–Crippen LogP) is 2.29. The fourth-order valence-electron chi connectivity index (χ4n) is 2.32. The number of aryl methyl sites for hydroxylation is 1. The molecule has 0 atom stereocenters. The highest BCUT2D eigenvalue weighted by atomic mass is 16.3. The Bertz CT molecular complexity index is 737. The van der Waals surface area contributed by atoms with Crippen molar-refractivity contribution in [1.82, 2.24) is 9.97 Å². The van der Waals surface area contributed by atoms with E-state index in [0.717, 1.165) is 5.56 Å². The summed E-state index contributed by atoms with van der Waals surface area (Å²) in [6, 6.07) is 3.67. The van der Waals surface area contributed by atoms with E-state index in [1.54, 1.807) is 38.4 Å². The second-order valence-corrected chi connectivity index (χ2v) is 4.69. The van der Waals surface area contributed by atoms with E-state index in [2.05, 4.69) is 15.3 Å². The third kappa shape index (κ3) is 1.84. The van der Waals surface area contributed by atoms with Crippen LogP contribution in [0.1, 0.15) is 22.4 Å². The maximum Gasteiger partial charge on any atom is 0.257 e. The number of amides is 1. The van der Waals surface area contributed by atoms with Gasteiger partial charge in [0.05, 0.1) is 11.3 Å². The number of fused-ring (bicyclic) bond motifs is 1. The van der Waals surface area contributed by atoms with Gasteiger partial charge in [0.1, 0.15) is 11.6 Å². The van der Waals surface area contributed by atoms with Crippen LogP contribution >= 0.6 is 0 Å². The fraction of sp³-hybridized carbons (Fsp3) is 0.133. The molecule has 0 aromatic carbocycles. The van der Waals surface area contributed by atoms with Gasteiger partial charge in [-0.25, -0.2) is 4.98 Å². The molecule has 1 amide bonds. The Labute approximate surface area is 116 Å². The summed E-state index contributed by atoms with van der Waals surface area (Å²) in [5.74, 6) is 0.403. The minimum atomic E-state index is -0.218.